The molecule has 0 unspecified atom stereocenters. The van der Waals surface area contributed by atoms with Gasteiger partial charge in [-0.3, -0.25) is 10.1 Å². The van der Waals surface area contributed by atoms with Crippen LogP contribution in [0.15, 0.2) is 78.0 Å². The third-order valence-electron chi connectivity index (χ3n) is 5.61. The molecule has 5 aromatic rings. The molecule has 1 N–H and O–H groups in total. The van der Waals surface area contributed by atoms with E-state index < -0.39 is 6.36 Å². The lowest BCUT2D eigenvalue weighted by molar-refractivity contribution is -0.274. The normalized spacial score (nSPS) is 11.6. The molecule has 0 spiro atoms. The predicted octanol–water partition coefficient (Wildman–Crippen LogP) is 5.57. The van der Waals surface area contributed by atoms with Gasteiger partial charge in [0.05, 0.1) is 29.1 Å². The monoisotopic (exact) mass is 491 g/mol. The van der Waals surface area contributed by atoms with E-state index in [1.165, 1.54) is 12.1 Å². The van der Waals surface area contributed by atoms with Gasteiger partial charge in [-0.25, -0.2) is 4.68 Å². The lowest BCUT2D eigenvalue weighted by atomic mass is 10.1. The first kappa shape index (κ1) is 23.1. The Morgan fingerprint density at radius 1 is 1.03 bits per heavy atom. The first-order chi connectivity index (χ1) is 17.3. The van der Waals surface area contributed by atoms with E-state index in [-0.39, 0.29) is 5.75 Å². The lowest BCUT2D eigenvalue weighted by Gasteiger charge is -2.11. The number of ether oxygens (including phenoxy) is 1. The van der Waals surface area contributed by atoms with E-state index in [0.29, 0.717) is 6.54 Å². The van der Waals surface area contributed by atoms with E-state index >= 15 is 0 Å². The third kappa shape index (κ3) is 4.76. The minimum absolute atomic E-state index is 0.267. The van der Waals surface area contributed by atoms with E-state index in [2.05, 4.69) is 37.4 Å². The molecular formula is C25H20F3N7O. The van der Waals surface area contributed by atoms with Crippen molar-refractivity contribution in [1.29, 1.82) is 0 Å². The first-order valence-electron chi connectivity index (χ1n) is 10.9. The zero-order valence-corrected chi connectivity index (χ0v) is 19.1. The van der Waals surface area contributed by atoms with Gasteiger partial charge < -0.3 is 4.74 Å². The molecule has 8 nitrogen and oxygen atoms in total. The van der Waals surface area contributed by atoms with Crippen molar-refractivity contribution in [3.05, 3.63) is 84.1 Å². The molecule has 0 saturated heterocycles. The molecular weight excluding hydrogens is 471 g/mol. The molecule has 182 valence electrons. The molecule has 2 aromatic heterocycles. The number of anilines is 1. The van der Waals surface area contributed by atoms with E-state index in [9.17, 15) is 13.2 Å². The second-order valence-electron chi connectivity index (χ2n) is 8.04. The van der Waals surface area contributed by atoms with Crippen molar-refractivity contribution in [1.82, 2.24) is 24.8 Å². The van der Waals surface area contributed by atoms with Gasteiger partial charge in [-0.15, -0.1) is 18.3 Å². The number of nitrogens with one attached hydrogen (secondary N) is 1. The van der Waals surface area contributed by atoms with Crippen molar-refractivity contribution < 1.29 is 17.9 Å². The van der Waals surface area contributed by atoms with Crippen LogP contribution in [0.2, 0.25) is 0 Å². The molecule has 0 fully saturated rings. The Labute approximate surface area is 203 Å². The number of rotatable bonds is 7. The number of aryl methyl sites for hydroxylation is 1. The molecule has 0 radical (unpaired) electrons. The summed E-state index contributed by atoms with van der Waals surface area (Å²) in [6.45, 7) is 5.81. The zero-order valence-electron chi connectivity index (χ0n) is 19.1. The Morgan fingerprint density at radius 2 is 1.83 bits per heavy atom. The third-order valence-corrected chi connectivity index (χ3v) is 5.61. The summed E-state index contributed by atoms with van der Waals surface area (Å²) in [4.78, 5) is 0. The summed E-state index contributed by atoms with van der Waals surface area (Å²) in [5.74, 6) is -0.267. The van der Waals surface area contributed by atoms with Gasteiger partial charge in [-0.1, -0.05) is 29.5 Å². The summed E-state index contributed by atoms with van der Waals surface area (Å²) in [5.41, 5.74) is 9.54. The molecule has 0 atom stereocenters. The fourth-order valence-electron chi connectivity index (χ4n) is 3.89. The van der Waals surface area contributed by atoms with Crippen LogP contribution in [0.3, 0.4) is 0 Å². The Bertz CT molecular complexity index is 1540. The second-order valence-corrected chi connectivity index (χ2v) is 8.04. The second kappa shape index (κ2) is 9.17. The topological polar surface area (TPSA) is 82.2 Å². The van der Waals surface area contributed by atoms with Crippen molar-refractivity contribution in [3.63, 3.8) is 0 Å². The van der Waals surface area contributed by atoms with Crippen LogP contribution in [0.25, 0.3) is 28.0 Å². The van der Waals surface area contributed by atoms with Crippen LogP contribution in [0.4, 0.5) is 18.9 Å². The van der Waals surface area contributed by atoms with Crippen LogP contribution >= 0.6 is 0 Å². The first-order valence-corrected chi connectivity index (χ1v) is 10.9. The van der Waals surface area contributed by atoms with Crippen LogP contribution in [0, 0.1) is 6.92 Å². The standard InChI is InChI=1S/C25H20F3N7O/c1-16-3-7-19(14-22(16)31-29-2)35-24-13-18(6-10-21(24)32-33-35)23-11-12-30-34(23)15-17-4-8-20(9-5-17)36-25(26,27)28/h3-14,31H,2,15H2,1H3. The maximum atomic E-state index is 12.4. The van der Waals surface area contributed by atoms with Gasteiger partial charge in [0.25, 0.3) is 0 Å². The van der Waals surface area contributed by atoms with Crippen molar-refractivity contribution in [2.75, 3.05) is 5.43 Å². The SMILES string of the molecule is C=NNc1cc(-n2nnc3ccc(-c4ccnn4Cc4ccc(OC(F)(F)F)cc4)cc32)ccc1C. The number of benzene rings is 3. The smallest absolute Gasteiger partial charge is 0.406 e. The maximum Gasteiger partial charge on any atom is 0.573 e. The number of nitrogens with zero attached hydrogens (tertiary/aromatic N) is 6. The molecule has 0 aliphatic heterocycles. The summed E-state index contributed by atoms with van der Waals surface area (Å²) in [6.07, 6.45) is -3.05. The number of alkyl halides is 3. The van der Waals surface area contributed by atoms with E-state index in [4.69, 9.17) is 0 Å². The molecule has 0 aliphatic carbocycles. The summed E-state index contributed by atoms with van der Waals surface area (Å²) in [5, 5.41) is 16.8. The number of hydrogen-bond donors (Lipinski definition) is 1. The summed E-state index contributed by atoms with van der Waals surface area (Å²) >= 11 is 0. The van der Waals surface area contributed by atoms with Gasteiger partial charge in [-0.05, 0) is 60.5 Å². The molecule has 3 aromatic carbocycles. The Morgan fingerprint density at radius 3 is 2.58 bits per heavy atom. The molecule has 11 heteroatoms. The quantitative estimate of drug-likeness (QED) is 0.238. The van der Waals surface area contributed by atoms with Gasteiger partial charge in [-0.2, -0.15) is 10.2 Å². The molecule has 0 aliphatic rings. The average molecular weight is 491 g/mol. The number of aromatic nitrogens is 5. The molecule has 0 amide bonds. The number of halogens is 3. The van der Waals surface area contributed by atoms with E-state index in [1.807, 2.05) is 49.4 Å². The van der Waals surface area contributed by atoms with Crippen LogP contribution in [0.5, 0.6) is 5.75 Å². The summed E-state index contributed by atoms with van der Waals surface area (Å²) in [7, 11) is 0. The van der Waals surface area contributed by atoms with Crippen LogP contribution in [0.1, 0.15) is 11.1 Å². The molecule has 0 saturated carbocycles. The van der Waals surface area contributed by atoms with Gasteiger partial charge in [0.15, 0.2) is 0 Å². The van der Waals surface area contributed by atoms with Crippen LogP contribution < -0.4 is 10.2 Å². The number of hydrazone groups is 1. The lowest BCUT2D eigenvalue weighted by Crippen LogP contribution is -2.17. The zero-order chi connectivity index (χ0) is 25.3. The van der Waals surface area contributed by atoms with Crippen molar-refractivity contribution in [3.8, 4) is 22.7 Å². The Hall–Kier alpha value is -4.67. The minimum Gasteiger partial charge on any atom is -0.406 e. The minimum atomic E-state index is -4.73. The summed E-state index contributed by atoms with van der Waals surface area (Å²) in [6, 6.07) is 19.2. The van der Waals surface area contributed by atoms with E-state index in [0.717, 1.165) is 44.8 Å². The number of fused-ring (bicyclic) bond motifs is 1. The average Bonchev–Trinajstić information content (AvgIpc) is 3.47. The highest BCUT2D eigenvalue weighted by Gasteiger charge is 2.31. The molecule has 36 heavy (non-hydrogen) atoms. The molecule has 0 bridgehead atoms. The molecule has 5 rings (SSSR count). The number of hydrogen-bond acceptors (Lipinski definition) is 6. The van der Waals surface area contributed by atoms with Crippen LogP contribution in [-0.2, 0) is 6.54 Å². The Balaban J connectivity index is 1.45. The van der Waals surface area contributed by atoms with Crippen molar-refractivity contribution in [2.45, 2.75) is 19.8 Å². The van der Waals surface area contributed by atoms with Crippen molar-refractivity contribution >= 4 is 23.4 Å². The Kier molecular flexibility index (Phi) is 5.88. The molecule has 2 heterocycles. The van der Waals surface area contributed by atoms with Crippen molar-refractivity contribution in [2.24, 2.45) is 5.10 Å². The highest BCUT2D eigenvalue weighted by molar-refractivity contribution is 5.82. The highest BCUT2D eigenvalue weighted by atomic mass is 19.4. The van der Waals surface area contributed by atoms with Gasteiger partial charge in [0.1, 0.15) is 11.3 Å². The van der Waals surface area contributed by atoms with Crippen LogP contribution in [-0.4, -0.2) is 37.9 Å². The van der Waals surface area contributed by atoms with E-state index in [1.54, 1.807) is 27.7 Å². The fraction of sp³-hybridized carbons (Fsp3) is 0.120. The van der Waals surface area contributed by atoms with Gasteiger partial charge >= 0.3 is 6.36 Å². The maximum absolute atomic E-state index is 12.4. The largest absolute Gasteiger partial charge is 0.573 e. The highest BCUT2D eigenvalue weighted by Crippen LogP contribution is 2.28. The summed E-state index contributed by atoms with van der Waals surface area (Å²) < 4.78 is 44.7. The fourth-order valence-corrected chi connectivity index (χ4v) is 3.89. The predicted molar refractivity (Wildman–Crippen MR) is 130 cm³/mol. The van der Waals surface area contributed by atoms with Gasteiger partial charge in [0, 0.05) is 18.5 Å². The van der Waals surface area contributed by atoms with Gasteiger partial charge in [0.2, 0.25) is 0 Å².